The number of hydrogen-bond acceptors (Lipinski definition) is 4. The van der Waals surface area contributed by atoms with Gasteiger partial charge in [0.2, 0.25) is 0 Å². The first-order valence-electron chi connectivity index (χ1n) is 6.98. The van der Waals surface area contributed by atoms with Gasteiger partial charge in [-0.1, -0.05) is 18.2 Å². The van der Waals surface area contributed by atoms with Gasteiger partial charge in [0.05, 0.1) is 12.1 Å². The van der Waals surface area contributed by atoms with E-state index in [0.29, 0.717) is 12.1 Å². The third kappa shape index (κ3) is 2.45. The predicted octanol–water partition coefficient (Wildman–Crippen LogP) is 2.12. The maximum absolute atomic E-state index is 11.3. The summed E-state index contributed by atoms with van der Waals surface area (Å²) in [6.45, 7) is 3.69. The third-order valence-electron chi connectivity index (χ3n) is 3.71. The Morgan fingerprint density at radius 3 is 2.82 bits per heavy atom. The lowest BCUT2D eigenvalue weighted by molar-refractivity contribution is -0.165. The van der Waals surface area contributed by atoms with Crippen LogP contribution in [0.15, 0.2) is 30.5 Å². The van der Waals surface area contributed by atoms with E-state index in [2.05, 4.69) is 6.07 Å². The van der Waals surface area contributed by atoms with Crippen molar-refractivity contribution in [2.24, 2.45) is 0 Å². The minimum absolute atomic E-state index is 0.308. The lowest BCUT2D eigenvalue weighted by Crippen LogP contribution is -2.34. The molecule has 22 heavy (non-hydrogen) atoms. The second-order valence-electron chi connectivity index (χ2n) is 5.76. The van der Waals surface area contributed by atoms with Crippen LogP contribution in [0.1, 0.15) is 19.4 Å². The molecule has 1 aromatic heterocycles. The second-order valence-corrected chi connectivity index (χ2v) is 5.76. The Balaban J connectivity index is 1.96. The summed E-state index contributed by atoms with van der Waals surface area (Å²) in [5.41, 5.74) is 1.43. The average molecular weight is 300 g/mol. The van der Waals surface area contributed by atoms with Crippen molar-refractivity contribution in [3.05, 3.63) is 36.0 Å². The van der Waals surface area contributed by atoms with Crippen LogP contribution in [0.5, 0.6) is 0 Å². The van der Waals surface area contributed by atoms with Gasteiger partial charge in [-0.05, 0) is 19.9 Å². The molecule has 2 aromatic rings. The molecule has 1 aromatic carbocycles. The number of nitrogens with zero attached hydrogens (tertiary/aromatic N) is 2. The minimum atomic E-state index is -1.05. The highest BCUT2D eigenvalue weighted by molar-refractivity contribution is 5.86. The number of carboxylic acids is 1. The van der Waals surface area contributed by atoms with E-state index in [4.69, 9.17) is 9.47 Å². The van der Waals surface area contributed by atoms with Crippen molar-refractivity contribution in [2.75, 3.05) is 0 Å². The number of rotatable bonds is 3. The maximum atomic E-state index is 11.3. The fourth-order valence-electron chi connectivity index (χ4n) is 2.86. The lowest BCUT2D eigenvalue weighted by atomic mass is 10.2. The summed E-state index contributed by atoms with van der Waals surface area (Å²) < 4.78 is 13.0. The Labute approximate surface area is 127 Å². The largest absolute Gasteiger partial charge is 0.479 e. The van der Waals surface area contributed by atoms with Gasteiger partial charge in [-0.25, -0.2) is 4.79 Å². The van der Waals surface area contributed by atoms with Crippen LogP contribution in [-0.4, -0.2) is 33.6 Å². The van der Waals surface area contributed by atoms with Gasteiger partial charge in [-0.3, -0.25) is 0 Å². The van der Waals surface area contributed by atoms with Crippen molar-refractivity contribution in [3.63, 3.8) is 0 Å². The summed E-state index contributed by atoms with van der Waals surface area (Å²) in [5.74, 6) is -1.98. The molecular weight excluding hydrogens is 284 g/mol. The third-order valence-corrected chi connectivity index (χ3v) is 3.71. The zero-order valence-corrected chi connectivity index (χ0v) is 12.3. The Hall–Kier alpha value is -2.36. The number of benzene rings is 1. The van der Waals surface area contributed by atoms with Crippen LogP contribution >= 0.6 is 0 Å². The molecule has 0 aliphatic carbocycles. The molecule has 1 aliphatic heterocycles. The number of ether oxygens (including phenoxy) is 2. The summed E-state index contributed by atoms with van der Waals surface area (Å²) in [5, 5.41) is 19.4. The molecule has 0 spiro atoms. The SMILES string of the molecule is CC1(C)O[C@@H](Cn2cc(C#N)c3ccccc32)[C@H](C(=O)O)O1. The first kappa shape index (κ1) is 14.6. The van der Waals surface area contributed by atoms with Crippen molar-refractivity contribution < 1.29 is 19.4 Å². The van der Waals surface area contributed by atoms with Crippen molar-refractivity contribution in [1.82, 2.24) is 4.57 Å². The summed E-state index contributed by atoms with van der Waals surface area (Å²) >= 11 is 0. The second kappa shape index (κ2) is 5.13. The number of aliphatic carboxylic acids is 1. The maximum Gasteiger partial charge on any atom is 0.335 e. The molecule has 6 heteroatoms. The van der Waals surface area contributed by atoms with Crippen molar-refractivity contribution in [2.45, 2.75) is 38.4 Å². The molecule has 6 nitrogen and oxygen atoms in total. The molecule has 0 unspecified atom stereocenters. The normalized spacial score (nSPS) is 23.5. The molecule has 2 atom stereocenters. The monoisotopic (exact) mass is 300 g/mol. The van der Waals surface area contributed by atoms with E-state index >= 15 is 0 Å². The van der Waals surface area contributed by atoms with E-state index in [1.807, 2.05) is 28.8 Å². The molecular formula is C16H16N2O4. The van der Waals surface area contributed by atoms with Crippen molar-refractivity contribution in [3.8, 4) is 6.07 Å². The zero-order valence-electron chi connectivity index (χ0n) is 12.3. The Morgan fingerprint density at radius 1 is 1.41 bits per heavy atom. The van der Waals surface area contributed by atoms with Gasteiger partial charge >= 0.3 is 5.97 Å². The van der Waals surface area contributed by atoms with Crippen molar-refractivity contribution >= 4 is 16.9 Å². The number of aromatic nitrogens is 1. The van der Waals surface area contributed by atoms with Gasteiger partial charge in [0.1, 0.15) is 12.2 Å². The quantitative estimate of drug-likeness (QED) is 0.938. The number of nitriles is 1. The van der Waals surface area contributed by atoms with E-state index < -0.39 is 24.0 Å². The predicted molar refractivity (Wildman–Crippen MR) is 78.1 cm³/mol. The first-order valence-corrected chi connectivity index (χ1v) is 6.98. The highest BCUT2D eigenvalue weighted by Crippen LogP contribution is 2.30. The van der Waals surface area contributed by atoms with E-state index in [0.717, 1.165) is 10.9 Å². The van der Waals surface area contributed by atoms with E-state index in [1.165, 1.54) is 0 Å². The molecule has 0 bridgehead atoms. The first-order chi connectivity index (χ1) is 10.4. The topological polar surface area (TPSA) is 84.5 Å². The van der Waals surface area contributed by atoms with E-state index in [1.54, 1.807) is 20.0 Å². The van der Waals surface area contributed by atoms with Gasteiger partial charge < -0.3 is 19.1 Å². The van der Waals surface area contributed by atoms with Crippen LogP contribution in [0.2, 0.25) is 0 Å². The van der Waals surface area contributed by atoms with Crippen LogP contribution in [0, 0.1) is 11.3 Å². The number of hydrogen-bond donors (Lipinski definition) is 1. The molecule has 1 fully saturated rings. The molecule has 1 N–H and O–H groups in total. The fraction of sp³-hybridized carbons (Fsp3) is 0.375. The zero-order chi connectivity index (χ0) is 15.9. The molecule has 2 heterocycles. The Morgan fingerprint density at radius 2 is 2.14 bits per heavy atom. The molecule has 114 valence electrons. The van der Waals surface area contributed by atoms with Gasteiger partial charge in [0.15, 0.2) is 11.9 Å². The smallest absolute Gasteiger partial charge is 0.335 e. The number of para-hydroxylation sites is 1. The molecule has 3 rings (SSSR count). The summed E-state index contributed by atoms with van der Waals surface area (Å²) in [6.07, 6.45) is 0.0784. The van der Waals surface area contributed by atoms with Crippen LogP contribution in [0.4, 0.5) is 0 Å². The summed E-state index contributed by atoms with van der Waals surface area (Å²) in [4.78, 5) is 11.3. The summed E-state index contributed by atoms with van der Waals surface area (Å²) in [6, 6.07) is 9.67. The van der Waals surface area contributed by atoms with Gasteiger partial charge in [0, 0.05) is 17.1 Å². The van der Waals surface area contributed by atoms with Crippen molar-refractivity contribution in [1.29, 1.82) is 5.26 Å². The number of fused-ring (bicyclic) bond motifs is 1. The summed E-state index contributed by atoms with van der Waals surface area (Å²) in [7, 11) is 0. The standard InChI is InChI=1S/C16H16N2O4/c1-16(2)21-13(14(22-16)15(19)20)9-18-8-10(7-17)11-5-3-4-6-12(11)18/h3-6,8,13-14H,9H2,1-2H3,(H,19,20)/t13-,14+/m0/s1. The molecule has 1 aliphatic rings. The minimum Gasteiger partial charge on any atom is -0.479 e. The van der Waals surface area contributed by atoms with Crippen LogP contribution < -0.4 is 0 Å². The number of carbonyl (C=O) groups is 1. The Kier molecular flexibility index (Phi) is 3.39. The average Bonchev–Trinajstić information content (AvgIpc) is 2.97. The van der Waals surface area contributed by atoms with E-state index in [-0.39, 0.29) is 0 Å². The lowest BCUT2D eigenvalue weighted by Gasteiger charge is -2.17. The van der Waals surface area contributed by atoms with Crippen LogP contribution in [0.25, 0.3) is 10.9 Å². The van der Waals surface area contributed by atoms with Crippen LogP contribution in [0.3, 0.4) is 0 Å². The Bertz CT molecular complexity index is 772. The van der Waals surface area contributed by atoms with Gasteiger partial charge in [-0.15, -0.1) is 0 Å². The van der Waals surface area contributed by atoms with Gasteiger partial charge in [-0.2, -0.15) is 5.26 Å². The number of carboxylic acid groups (broad SMARTS) is 1. The molecule has 0 amide bonds. The molecule has 0 radical (unpaired) electrons. The fourth-order valence-corrected chi connectivity index (χ4v) is 2.86. The highest BCUT2D eigenvalue weighted by Gasteiger charge is 2.45. The van der Waals surface area contributed by atoms with Gasteiger partial charge in [0.25, 0.3) is 0 Å². The highest BCUT2D eigenvalue weighted by atomic mass is 16.8. The molecule has 1 saturated heterocycles. The van der Waals surface area contributed by atoms with Crippen LogP contribution in [-0.2, 0) is 20.8 Å². The van der Waals surface area contributed by atoms with E-state index in [9.17, 15) is 15.2 Å². The molecule has 0 saturated carbocycles.